The molecule has 15 heavy (non-hydrogen) atoms. The third-order valence-corrected chi connectivity index (χ3v) is 3.30. The molecule has 3 nitrogen and oxygen atoms in total. The minimum absolute atomic E-state index is 0.677. The second kappa shape index (κ2) is 4.92. The molecule has 0 aliphatic carbocycles. The maximum Gasteiger partial charge on any atom is 0.130 e. The van der Waals surface area contributed by atoms with E-state index in [1.54, 1.807) is 6.20 Å². The van der Waals surface area contributed by atoms with Crippen LogP contribution in [0.25, 0.3) is 0 Å². The number of aromatic nitrogens is 2. The topological polar surface area (TPSA) is 37.8 Å². The second-order valence-corrected chi connectivity index (χ2v) is 4.98. The summed E-state index contributed by atoms with van der Waals surface area (Å²) in [6.07, 6.45) is 1.69. The molecule has 0 fully saturated rings. The summed E-state index contributed by atoms with van der Waals surface area (Å²) in [5.74, 6) is 0. The Morgan fingerprint density at radius 1 is 1.47 bits per heavy atom. The van der Waals surface area contributed by atoms with Crippen molar-refractivity contribution < 1.29 is 0 Å². The quantitative estimate of drug-likeness (QED) is 0.942. The van der Waals surface area contributed by atoms with Crippen LogP contribution in [0.2, 0.25) is 5.02 Å². The minimum atomic E-state index is 0.677. The van der Waals surface area contributed by atoms with Crippen molar-refractivity contribution in [2.24, 2.45) is 0 Å². The zero-order chi connectivity index (χ0) is 10.7. The van der Waals surface area contributed by atoms with E-state index in [1.165, 1.54) is 11.5 Å². The highest BCUT2D eigenvalue weighted by atomic mass is 79.9. The van der Waals surface area contributed by atoms with E-state index in [0.29, 0.717) is 6.54 Å². The lowest BCUT2D eigenvalue weighted by Gasteiger charge is -2.05. The average molecular weight is 305 g/mol. The second-order valence-electron chi connectivity index (χ2n) is 2.87. The molecule has 2 rings (SSSR count). The monoisotopic (exact) mass is 303 g/mol. The summed E-state index contributed by atoms with van der Waals surface area (Å²) in [5, 5.41) is 8.62. The molecular weight excluding hydrogens is 298 g/mol. The highest BCUT2D eigenvalue weighted by Gasteiger charge is 2.01. The van der Waals surface area contributed by atoms with E-state index < -0.39 is 0 Å². The molecule has 0 amide bonds. The minimum Gasteiger partial charge on any atom is -0.370 e. The van der Waals surface area contributed by atoms with E-state index in [-0.39, 0.29) is 0 Å². The van der Waals surface area contributed by atoms with Crippen LogP contribution in [0.4, 0.5) is 5.00 Å². The Hall–Kier alpha value is -0.650. The molecule has 0 saturated carbocycles. The molecule has 0 saturated heterocycles. The van der Waals surface area contributed by atoms with Crippen LogP contribution in [0, 0.1) is 0 Å². The number of nitrogens with one attached hydrogen (secondary N) is 1. The molecular formula is C9H7BrClN3S. The van der Waals surface area contributed by atoms with Gasteiger partial charge >= 0.3 is 0 Å². The molecule has 6 heteroatoms. The van der Waals surface area contributed by atoms with Crippen molar-refractivity contribution in [2.75, 3.05) is 5.32 Å². The fourth-order valence-electron chi connectivity index (χ4n) is 1.09. The predicted octanol–water partition coefficient (Wildman–Crippen LogP) is 3.57. The number of hydrogen-bond acceptors (Lipinski definition) is 4. The summed E-state index contributed by atoms with van der Waals surface area (Å²) in [7, 11) is 0. The summed E-state index contributed by atoms with van der Waals surface area (Å²) in [4.78, 5) is 0. The molecule has 0 aliphatic heterocycles. The highest BCUT2D eigenvalue weighted by molar-refractivity contribution is 9.10. The molecule has 0 spiro atoms. The van der Waals surface area contributed by atoms with Crippen LogP contribution in [0.1, 0.15) is 5.56 Å². The molecule has 1 heterocycles. The zero-order valence-electron chi connectivity index (χ0n) is 7.58. The molecule has 0 aliphatic rings. The number of halogens is 2. The Kier molecular flexibility index (Phi) is 3.56. The zero-order valence-corrected chi connectivity index (χ0v) is 10.7. The predicted molar refractivity (Wildman–Crippen MR) is 66.4 cm³/mol. The first-order valence-corrected chi connectivity index (χ1v) is 6.15. The molecule has 78 valence electrons. The SMILES string of the molecule is Clc1cc(Br)ccc1CNc1cnns1. The van der Waals surface area contributed by atoms with E-state index in [0.717, 1.165) is 20.1 Å². The fourth-order valence-corrected chi connectivity index (χ4v) is 2.25. The van der Waals surface area contributed by atoms with Crippen LogP contribution < -0.4 is 5.32 Å². The van der Waals surface area contributed by atoms with E-state index in [2.05, 4.69) is 30.8 Å². The van der Waals surface area contributed by atoms with Crippen molar-refractivity contribution in [1.82, 2.24) is 9.59 Å². The fraction of sp³-hybridized carbons (Fsp3) is 0.111. The summed E-state index contributed by atoms with van der Waals surface area (Å²) in [6, 6.07) is 5.82. The van der Waals surface area contributed by atoms with Crippen LogP contribution in [-0.2, 0) is 6.54 Å². The largest absolute Gasteiger partial charge is 0.370 e. The van der Waals surface area contributed by atoms with Crippen molar-refractivity contribution in [2.45, 2.75) is 6.54 Å². The van der Waals surface area contributed by atoms with Gasteiger partial charge in [-0.05, 0) is 17.7 Å². The molecule has 0 radical (unpaired) electrons. The van der Waals surface area contributed by atoms with Crippen molar-refractivity contribution in [3.63, 3.8) is 0 Å². The number of nitrogens with zero attached hydrogens (tertiary/aromatic N) is 2. The smallest absolute Gasteiger partial charge is 0.130 e. The standard InChI is InChI=1S/C9H7BrClN3S/c10-7-2-1-6(8(11)3-7)4-12-9-5-13-14-15-9/h1-3,5,12H,4H2. The van der Waals surface area contributed by atoms with Crippen molar-refractivity contribution in [3.05, 3.63) is 39.5 Å². The first kappa shape index (κ1) is 10.9. The van der Waals surface area contributed by atoms with Gasteiger partial charge in [0.05, 0.1) is 6.20 Å². The molecule has 1 N–H and O–H groups in total. The molecule has 2 aromatic rings. The van der Waals surface area contributed by atoms with Gasteiger partial charge in [-0.1, -0.05) is 38.1 Å². The molecule has 0 unspecified atom stereocenters. The lowest BCUT2D eigenvalue weighted by molar-refractivity contribution is 1.13. The molecule has 0 atom stereocenters. The van der Waals surface area contributed by atoms with Gasteiger partial charge in [0.15, 0.2) is 0 Å². The number of anilines is 1. The lowest BCUT2D eigenvalue weighted by Crippen LogP contribution is -1.98. The van der Waals surface area contributed by atoms with Crippen LogP contribution >= 0.6 is 39.1 Å². The van der Waals surface area contributed by atoms with Crippen LogP contribution in [0.3, 0.4) is 0 Å². The number of benzene rings is 1. The Morgan fingerprint density at radius 2 is 2.33 bits per heavy atom. The van der Waals surface area contributed by atoms with Gasteiger partial charge in [0.1, 0.15) is 5.00 Å². The first-order valence-electron chi connectivity index (χ1n) is 4.21. The maximum absolute atomic E-state index is 6.07. The van der Waals surface area contributed by atoms with E-state index >= 15 is 0 Å². The van der Waals surface area contributed by atoms with Crippen molar-refractivity contribution >= 4 is 44.1 Å². The summed E-state index contributed by atoms with van der Waals surface area (Å²) in [5.41, 5.74) is 1.05. The number of hydrogen-bond donors (Lipinski definition) is 1. The van der Waals surface area contributed by atoms with Crippen molar-refractivity contribution in [1.29, 1.82) is 0 Å². The summed E-state index contributed by atoms with van der Waals surface area (Å²) >= 11 is 10.8. The van der Waals surface area contributed by atoms with Gasteiger partial charge in [-0.3, -0.25) is 0 Å². The average Bonchev–Trinajstić information content (AvgIpc) is 2.69. The normalized spacial score (nSPS) is 10.3. The van der Waals surface area contributed by atoms with Gasteiger partial charge in [0.25, 0.3) is 0 Å². The Bertz CT molecular complexity index is 447. The van der Waals surface area contributed by atoms with Crippen molar-refractivity contribution in [3.8, 4) is 0 Å². The van der Waals surface area contributed by atoms with Crippen LogP contribution in [0.15, 0.2) is 28.9 Å². The Balaban J connectivity index is 2.05. The molecule has 1 aromatic carbocycles. The lowest BCUT2D eigenvalue weighted by atomic mass is 10.2. The van der Waals surface area contributed by atoms with Crippen LogP contribution in [-0.4, -0.2) is 9.59 Å². The summed E-state index contributed by atoms with van der Waals surface area (Å²) < 4.78 is 4.74. The van der Waals surface area contributed by atoms with Gasteiger partial charge in [-0.15, -0.1) is 5.10 Å². The third kappa shape index (κ3) is 2.90. The third-order valence-electron chi connectivity index (χ3n) is 1.83. The molecule has 0 bridgehead atoms. The maximum atomic E-state index is 6.07. The van der Waals surface area contributed by atoms with Gasteiger partial charge < -0.3 is 5.32 Å². The summed E-state index contributed by atoms with van der Waals surface area (Å²) in [6.45, 7) is 0.677. The van der Waals surface area contributed by atoms with Gasteiger partial charge in [0, 0.05) is 27.6 Å². The Labute approximate surface area is 105 Å². The Morgan fingerprint density at radius 3 is 3.00 bits per heavy atom. The highest BCUT2D eigenvalue weighted by Crippen LogP contribution is 2.22. The first-order chi connectivity index (χ1) is 7.25. The van der Waals surface area contributed by atoms with Gasteiger partial charge in [-0.2, -0.15) is 0 Å². The van der Waals surface area contributed by atoms with E-state index in [9.17, 15) is 0 Å². The van der Waals surface area contributed by atoms with Gasteiger partial charge in [0.2, 0.25) is 0 Å². The van der Waals surface area contributed by atoms with Gasteiger partial charge in [-0.25, -0.2) is 0 Å². The number of rotatable bonds is 3. The van der Waals surface area contributed by atoms with Crippen LogP contribution in [0.5, 0.6) is 0 Å². The van der Waals surface area contributed by atoms with E-state index in [1.807, 2.05) is 18.2 Å². The molecule has 1 aromatic heterocycles. The van der Waals surface area contributed by atoms with E-state index in [4.69, 9.17) is 11.6 Å².